The maximum atomic E-state index is 11.4. The van der Waals surface area contributed by atoms with Crippen LogP contribution in [-0.4, -0.2) is 57.3 Å². The van der Waals surface area contributed by atoms with E-state index in [1.165, 1.54) is 17.7 Å². The minimum absolute atomic E-state index is 0.392. The van der Waals surface area contributed by atoms with Crippen LogP contribution in [0.1, 0.15) is 0 Å². The molecule has 19 heavy (non-hydrogen) atoms. The summed E-state index contributed by atoms with van der Waals surface area (Å²) in [5, 5.41) is 0. The molecule has 0 aromatic carbocycles. The van der Waals surface area contributed by atoms with Crippen molar-refractivity contribution in [3.63, 3.8) is 0 Å². The van der Waals surface area contributed by atoms with Crippen LogP contribution in [0.15, 0.2) is 12.1 Å². The summed E-state index contributed by atoms with van der Waals surface area (Å²) in [6.45, 7) is 2.14. The van der Waals surface area contributed by atoms with Crippen molar-refractivity contribution in [3.8, 4) is 5.88 Å². The number of nitrogens with zero attached hydrogens (tertiary/aromatic N) is 3. The Morgan fingerprint density at radius 2 is 1.89 bits per heavy atom. The van der Waals surface area contributed by atoms with E-state index in [4.69, 9.17) is 10.5 Å². The Morgan fingerprint density at radius 1 is 1.26 bits per heavy atom. The first-order valence-electron chi connectivity index (χ1n) is 5.92. The summed E-state index contributed by atoms with van der Waals surface area (Å²) in [5.74, 6) is 1.14. The maximum Gasteiger partial charge on any atom is 0.238 e. The molecule has 2 N–H and O–H groups in total. The molecule has 0 unspecified atom stereocenters. The van der Waals surface area contributed by atoms with Crippen LogP contribution in [0.25, 0.3) is 0 Å². The summed E-state index contributed by atoms with van der Waals surface area (Å²) in [5.41, 5.74) is 6.20. The Kier molecular flexibility index (Phi) is 3.81. The number of methoxy groups -OCH3 is 1. The highest BCUT2D eigenvalue weighted by molar-refractivity contribution is 7.88. The third-order valence-electron chi connectivity index (χ3n) is 3.10. The molecule has 2 heterocycles. The van der Waals surface area contributed by atoms with Gasteiger partial charge in [-0.2, -0.15) is 9.29 Å². The molecule has 8 heteroatoms. The quantitative estimate of drug-likeness (QED) is 0.824. The molecule has 1 fully saturated rings. The van der Waals surface area contributed by atoms with Crippen LogP contribution in [0, 0.1) is 0 Å². The van der Waals surface area contributed by atoms with Crippen LogP contribution in [0.5, 0.6) is 5.88 Å². The minimum Gasteiger partial charge on any atom is -0.479 e. The smallest absolute Gasteiger partial charge is 0.238 e. The van der Waals surface area contributed by atoms with Crippen molar-refractivity contribution in [2.45, 2.75) is 0 Å². The molecule has 0 amide bonds. The van der Waals surface area contributed by atoms with E-state index in [0.29, 0.717) is 37.7 Å². The van der Waals surface area contributed by atoms with Crippen LogP contribution in [0.2, 0.25) is 0 Å². The van der Waals surface area contributed by atoms with Gasteiger partial charge in [-0.05, 0) is 12.1 Å². The summed E-state index contributed by atoms with van der Waals surface area (Å²) in [7, 11) is -1.59. The third-order valence-corrected chi connectivity index (χ3v) is 4.40. The summed E-state index contributed by atoms with van der Waals surface area (Å²) in [6, 6.07) is 3.55. The van der Waals surface area contributed by atoms with Crippen LogP contribution in [0.3, 0.4) is 0 Å². The predicted octanol–water partition coefficient (Wildman–Crippen LogP) is -0.246. The fraction of sp³-hybridized carbons (Fsp3) is 0.545. The van der Waals surface area contributed by atoms with Crippen molar-refractivity contribution in [2.75, 3.05) is 50.2 Å². The van der Waals surface area contributed by atoms with Crippen LogP contribution in [0.4, 0.5) is 11.5 Å². The fourth-order valence-electron chi connectivity index (χ4n) is 2.03. The van der Waals surface area contributed by atoms with E-state index >= 15 is 0 Å². The Hall–Kier alpha value is -1.54. The molecule has 2 rings (SSSR count). The van der Waals surface area contributed by atoms with Gasteiger partial charge in [0.2, 0.25) is 15.9 Å². The molecule has 1 saturated heterocycles. The van der Waals surface area contributed by atoms with Gasteiger partial charge in [-0.1, -0.05) is 0 Å². The standard InChI is InChI=1S/C11H18N4O3S/c1-18-11-9(12)3-4-10(13-11)14-5-7-15(8-6-14)19(2,16)17/h3-4H,5-8,12H2,1-2H3. The Labute approximate surface area is 113 Å². The fourth-order valence-corrected chi connectivity index (χ4v) is 2.86. The average molecular weight is 286 g/mol. The van der Waals surface area contributed by atoms with Crippen LogP contribution in [-0.2, 0) is 10.0 Å². The lowest BCUT2D eigenvalue weighted by molar-refractivity contribution is 0.382. The summed E-state index contributed by atoms with van der Waals surface area (Å²) < 4.78 is 29.4. The second kappa shape index (κ2) is 5.22. The molecule has 0 atom stereocenters. The van der Waals surface area contributed by atoms with Gasteiger partial charge < -0.3 is 15.4 Å². The number of hydrogen-bond acceptors (Lipinski definition) is 6. The van der Waals surface area contributed by atoms with Gasteiger partial charge >= 0.3 is 0 Å². The maximum absolute atomic E-state index is 11.4. The molecule has 7 nitrogen and oxygen atoms in total. The zero-order valence-corrected chi connectivity index (χ0v) is 11.9. The largest absolute Gasteiger partial charge is 0.479 e. The van der Waals surface area contributed by atoms with Gasteiger partial charge in [0.15, 0.2) is 0 Å². The van der Waals surface area contributed by atoms with Crippen molar-refractivity contribution in [2.24, 2.45) is 0 Å². The highest BCUT2D eigenvalue weighted by Gasteiger charge is 2.24. The molecule has 1 aliphatic rings. The van der Waals surface area contributed by atoms with E-state index in [1.54, 1.807) is 6.07 Å². The third kappa shape index (κ3) is 3.07. The number of pyridine rings is 1. The van der Waals surface area contributed by atoms with Crippen molar-refractivity contribution >= 4 is 21.5 Å². The number of sulfonamides is 1. The zero-order chi connectivity index (χ0) is 14.0. The normalized spacial score (nSPS) is 17.5. The molecular weight excluding hydrogens is 268 g/mol. The molecule has 0 spiro atoms. The van der Waals surface area contributed by atoms with Crippen molar-refractivity contribution < 1.29 is 13.2 Å². The van der Waals surface area contributed by atoms with E-state index in [9.17, 15) is 8.42 Å². The monoisotopic (exact) mass is 286 g/mol. The highest BCUT2D eigenvalue weighted by Crippen LogP contribution is 2.23. The zero-order valence-electron chi connectivity index (χ0n) is 11.0. The SMILES string of the molecule is COc1nc(N2CCN(S(C)(=O)=O)CC2)ccc1N. The number of ether oxygens (including phenoxy) is 1. The molecule has 0 bridgehead atoms. The number of hydrogen-bond donors (Lipinski definition) is 1. The van der Waals surface area contributed by atoms with Crippen molar-refractivity contribution in [3.05, 3.63) is 12.1 Å². The lowest BCUT2D eigenvalue weighted by Crippen LogP contribution is -2.48. The van der Waals surface area contributed by atoms with Crippen molar-refractivity contribution in [1.29, 1.82) is 0 Å². The molecule has 1 aliphatic heterocycles. The lowest BCUT2D eigenvalue weighted by Gasteiger charge is -2.34. The number of anilines is 2. The van der Waals surface area contributed by atoms with Crippen molar-refractivity contribution in [1.82, 2.24) is 9.29 Å². The number of rotatable bonds is 3. The van der Waals surface area contributed by atoms with Gasteiger partial charge in [0.25, 0.3) is 0 Å². The second-order valence-corrected chi connectivity index (χ2v) is 6.40. The van der Waals surface area contributed by atoms with Gasteiger partial charge in [0, 0.05) is 26.2 Å². The Morgan fingerprint density at radius 3 is 2.42 bits per heavy atom. The molecule has 106 valence electrons. The topological polar surface area (TPSA) is 88.8 Å². The number of nitrogen functional groups attached to an aromatic ring is 1. The van der Waals surface area contributed by atoms with E-state index in [2.05, 4.69) is 4.98 Å². The summed E-state index contributed by atoms with van der Waals surface area (Å²) in [6.07, 6.45) is 1.23. The van der Waals surface area contributed by atoms with E-state index in [-0.39, 0.29) is 0 Å². The molecule has 1 aromatic rings. The highest BCUT2D eigenvalue weighted by atomic mass is 32.2. The van der Waals surface area contributed by atoms with Crippen LogP contribution >= 0.6 is 0 Å². The number of aromatic nitrogens is 1. The Bertz CT molecular complexity index is 553. The lowest BCUT2D eigenvalue weighted by atomic mass is 10.3. The molecule has 0 radical (unpaired) electrons. The first-order valence-corrected chi connectivity index (χ1v) is 7.77. The second-order valence-electron chi connectivity index (χ2n) is 4.42. The molecular formula is C11H18N4O3S. The van der Waals surface area contributed by atoms with Gasteiger partial charge in [0.05, 0.1) is 19.1 Å². The average Bonchev–Trinajstić information content (AvgIpc) is 2.38. The first-order chi connectivity index (χ1) is 8.91. The van der Waals surface area contributed by atoms with Gasteiger partial charge in [0.1, 0.15) is 5.82 Å². The predicted molar refractivity (Wildman–Crippen MR) is 73.8 cm³/mol. The molecule has 0 aliphatic carbocycles. The summed E-state index contributed by atoms with van der Waals surface area (Å²) in [4.78, 5) is 6.33. The van der Waals surface area contributed by atoms with Gasteiger partial charge in [-0.25, -0.2) is 8.42 Å². The molecule has 1 aromatic heterocycles. The number of piperazine rings is 1. The van der Waals surface area contributed by atoms with E-state index in [0.717, 1.165) is 5.82 Å². The minimum atomic E-state index is -3.11. The van der Waals surface area contributed by atoms with Gasteiger partial charge in [-0.15, -0.1) is 0 Å². The van der Waals surface area contributed by atoms with E-state index < -0.39 is 10.0 Å². The van der Waals surface area contributed by atoms with Crippen LogP contribution < -0.4 is 15.4 Å². The van der Waals surface area contributed by atoms with Gasteiger partial charge in [-0.3, -0.25) is 0 Å². The first kappa shape index (κ1) is 13.9. The summed E-state index contributed by atoms with van der Waals surface area (Å²) >= 11 is 0. The Balaban J connectivity index is 2.10. The van der Waals surface area contributed by atoms with E-state index in [1.807, 2.05) is 11.0 Å². The number of nitrogens with two attached hydrogens (primary N) is 1. The molecule has 0 saturated carbocycles.